The van der Waals surface area contributed by atoms with Crippen LogP contribution in [0.4, 0.5) is 11.4 Å². The third kappa shape index (κ3) is 3.08. The van der Waals surface area contributed by atoms with E-state index in [1.54, 1.807) is 6.08 Å². The SMILES string of the molecule is CN1/C(=C\C2=C([O-])C(/C=C3\N(C)c4ccc(Cl)cc4C3(C)C)C2=O)C(C)(C)c2cc(Cl)ccc21. The van der Waals surface area contributed by atoms with Crippen molar-refractivity contribution in [2.24, 2.45) is 5.92 Å². The predicted molar refractivity (Wildman–Crippen MR) is 137 cm³/mol. The van der Waals surface area contributed by atoms with Gasteiger partial charge in [0.15, 0.2) is 5.78 Å². The fourth-order valence-corrected chi connectivity index (χ4v) is 6.00. The van der Waals surface area contributed by atoms with Crippen LogP contribution in [0, 0.1) is 5.92 Å². The number of nitrogens with zero attached hydrogens (tertiary/aromatic N) is 2. The topological polar surface area (TPSA) is 46.6 Å². The highest BCUT2D eigenvalue weighted by Crippen LogP contribution is 2.51. The third-order valence-corrected chi connectivity index (χ3v) is 8.16. The van der Waals surface area contributed by atoms with Crippen LogP contribution >= 0.6 is 23.2 Å². The molecule has 2 aromatic carbocycles. The Hall–Kier alpha value is -2.69. The number of hydrogen-bond acceptors (Lipinski definition) is 4. The Bertz CT molecular complexity index is 1350. The number of halogens is 2. The molecule has 3 aliphatic rings. The Morgan fingerprint density at radius 1 is 0.853 bits per heavy atom. The summed E-state index contributed by atoms with van der Waals surface area (Å²) in [5.74, 6) is -1.04. The maximum atomic E-state index is 13.2. The van der Waals surface area contributed by atoms with Gasteiger partial charge in [-0.25, -0.2) is 0 Å². The fourth-order valence-electron chi connectivity index (χ4n) is 5.66. The summed E-state index contributed by atoms with van der Waals surface area (Å²) in [5, 5.41) is 14.6. The maximum Gasteiger partial charge on any atom is 0.172 e. The minimum Gasteiger partial charge on any atom is -0.874 e. The quantitative estimate of drug-likeness (QED) is 0.535. The van der Waals surface area contributed by atoms with Gasteiger partial charge in [0.25, 0.3) is 0 Å². The summed E-state index contributed by atoms with van der Waals surface area (Å²) in [5.41, 5.74) is 5.61. The van der Waals surface area contributed by atoms with Crippen molar-refractivity contribution >= 4 is 40.4 Å². The van der Waals surface area contributed by atoms with Crippen LogP contribution < -0.4 is 14.9 Å². The molecule has 0 aromatic heterocycles. The number of carbonyl (C=O) groups is 1. The fraction of sp³-hybridized carbons (Fsp3) is 0.321. The van der Waals surface area contributed by atoms with Gasteiger partial charge in [0.05, 0.1) is 5.92 Å². The van der Waals surface area contributed by atoms with Crippen molar-refractivity contribution < 1.29 is 9.90 Å². The zero-order valence-electron chi connectivity index (χ0n) is 20.2. The number of ketones is 1. The van der Waals surface area contributed by atoms with E-state index in [4.69, 9.17) is 23.2 Å². The number of carbonyl (C=O) groups excluding carboxylic acids is 1. The van der Waals surface area contributed by atoms with E-state index in [1.807, 2.05) is 61.5 Å². The minimum atomic E-state index is -0.764. The van der Waals surface area contributed by atoms with Gasteiger partial charge in [-0.05, 0) is 59.7 Å². The minimum absolute atomic E-state index is 0.138. The van der Waals surface area contributed by atoms with Gasteiger partial charge < -0.3 is 14.9 Å². The Balaban J connectivity index is 1.51. The van der Waals surface area contributed by atoms with E-state index < -0.39 is 5.92 Å². The average Bonchev–Trinajstić information content (AvgIpc) is 3.07. The van der Waals surface area contributed by atoms with Crippen LogP contribution in [0.15, 0.2) is 71.3 Å². The Labute approximate surface area is 210 Å². The Morgan fingerprint density at radius 3 is 1.82 bits per heavy atom. The number of allylic oxidation sites excluding steroid dienone is 5. The van der Waals surface area contributed by atoms with Crippen molar-refractivity contribution in [3.63, 3.8) is 0 Å². The molecular formula is C28H27Cl2N2O2-. The van der Waals surface area contributed by atoms with Crippen LogP contribution in [0.25, 0.3) is 0 Å². The van der Waals surface area contributed by atoms with Crippen molar-refractivity contribution in [3.8, 4) is 0 Å². The van der Waals surface area contributed by atoms with E-state index in [1.165, 1.54) is 0 Å². The van der Waals surface area contributed by atoms with Crippen LogP contribution in [0.3, 0.4) is 0 Å². The number of Topliss-reactive ketones (excluding diaryl/α,β-unsaturated/α-hetero) is 1. The second kappa shape index (κ2) is 7.40. The van der Waals surface area contributed by atoms with Gasteiger partial charge >= 0.3 is 0 Å². The van der Waals surface area contributed by atoms with Crippen molar-refractivity contribution in [3.05, 3.63) is 92.4 Å². The molecule has 0 amide bonds. The molecular weight excluding hydrogens is 467 g/mol. The number of hydrogen-bond donors (Lipinski definition) is 0. The number of benzene rings is 2. The maximum absolute atomic E-state index is 13.2. The lowest BCUT2D eigenvalue weighted by Crippen LogP contribution is -2.38. The number of rotatable bonds is 2. The van der Waals surface area contributed by atoms with E-state index >= 15 is 0 Å². The van der Waals surface area contributed by atoms with Crippen molar-refractivity contribution in [2.45, 2.75) is 38.5 Å². The van der Waals surface area contributed by atoms with E-state index in [0.717, 1.165) is 33.9 Å². The van der Waals surface area contributed by atoms with Gasteiger partial charge in [-0.1, -0.05) is 50.9 Å². The molecule has 2 aromatic rings. The highest BCUT2D eigenvalue weighted by atomic mass is 35.5. The van der Waals surface area contributed by atoms with Crippen LogP contribution in [0.5, 0.6) is 0 Å². The van der Waals surface area contributed by atoms with Gasteiger partial charge in [-0.15, -0.1) is 5.76 Å². The van der Waals surface area contributed by atoms with E-state index in [0.29, 0.717) is 10.0 Å². The number of fused-ring (bicyclic) bond motifs is 2. The standard InChI is InChI=1S/C28H28Cl2N2O2/c1-27(2)19-11-15(29)7-9-21(19)31(5)23(27)13-17-25(33)18(26(17)34)14-24-28(3,4)20-12-16(30)8-10-22(20)32(24)6/h7-14,17,33H,1-6H3/p-1/b23-13-,24-14-. The summed E-state index contributed by atoms with van der Waals surface area (Å²) in [7, 11) is 3.92. The third-order valence-electron chi connectivity index (χ3n) is 7.69. The van der Waals surface area contributed by atoms with Crippen LogP contribution in [-0.4, -0.2) is 19.9 Å². The van der Waals surface area contributed by atoms with Crippen molar-refractivity contribution in [1.82, 2.24) is 0 Å². The molecule has 5 rings (SSSR count). The van der Waals surface area contributed by atoms with E-state index in [2.05, 4.69) is 32.6 Å². The summed E-state index contributed by atoms with van der Waals surface area (Å²) in [6.07, 6.45) is 3.60. The molecule has 0 fully saturated rings. The van der Waals surface area contributed by atoms with Crippen LogP contribution in [-0.2, 0) is 15.6 Å². The van der Waals surface area contributed by atoms with Crippen LogP contribution in [0.1, 0.15) is 38.8 Å². The summed E-state index contributed by atoms with van der Waals surface area (Å²) in [6, 6.07) is 11.6. The lowest BCUT2D eigenvalue weighted by molar-refractivity contribution is -0.315. The van der Waals surface area contributed by atoms with Crippen molar-refractivity contribution in [1.29, 1.82) is 0 Å². The highest BCUT2D eigenvalue weighted by Gasteiger charge is 2.43. The predicted octanol–water partition coefficient (Wildman–Crippen LogP) is 5.73. The molecule has 0 saturated heterocycles. The first kappa shape index (κ1) is 23.1. The molecule has 0 radical (unpaired) electrons. The first-order valence-corrected chi connectivity index (χ1v) is 12.1. The second-order valence-electron chi connectivity index (χ2n) is 10.4. The Kier molecular flexibility index (Phi) is 5.02. The summed E-state index contributed by atoms with van der Waals surface area (Å²) < 4.78 is 0. The highest BCUT2D eigenvalue weighted by molar-refractivity contribution is 6.31. The molecule has 0 N–H and O–H groups in total. The molecule has 0 bridgehead atoms. The first-order valence-electron chi connectivity index (χ1n) is 11.3. The molecule has 1 unspecified atom stereocenters. The molecule has 34 heavy (non-hydrogen) atoms. The summed E-state index contributed by atoms with van der Waals surface area (Å²) >= 11 is 12.5. The molecule has 4 nitrogen and oxygen atoms in total. The van der Waals surface area contributed by atoms with Crippen LogP contribution in [0.2, 0.25) is 10.0 Å². The number of likely N-dealkylation sites (N-methyl/N-ethyl adjacent to an activating group) is 2. The molecule has 176 valence electrons. The Morgan fingerprint density at radius 2 is 1.32 bits per heavy atom. The summed E-state index contributed by atoms with van der Waals surface area (Å²) in [4.78, 5) is 17.3. The van der Waals surface area contributed by atoms with Gasteiger partial charge in [0, 0.05) is 63.3 Å². The van der Waals surface area contributed by atoms with Gasteiger partial charge in [0.2, 0.25) is 0 Å². The van der Waals surface area contributed by atoms with E-state index in [-0.39, 0.29) is 27.9 Å². The molecule has 0 spiro atoms. The van der Waals surface area contributed by atoms with Gasteiger partial charge in [-0.3, -0.25) is 4.79 Å². The largest absolute Gasteiger partial charge is 0.874 e. The zero-order chi connectivity index (χ0) is 24.7. The first-order chi connectivity index (χ1) is 15.9. The lowest BCUT2D eigenvalue weighted by atomic mass is 9.76. The molecule has 0 saturated carbocycles. The average molecular weight is 494 g/mol. The molecule has 2 aliphatic heterocycles. The molecule has 2 heterocycles. The zero-order valence-corrected chi connectivity index (χ0v) is 21.7. The lowest BCUT2D eigenvalue weighted by Gasteiger charge is -2.37. The second-order valence-corrected chi connectivity index (χ2v) is 11.3. The van der Waals surface area contributed by atoms with Gasteiger partial charge in [-0.2, -0.15) is 0 Å². The normalized spacial score (nSPS) is 24.7. The summed E-state index contributed by atoms with van der Waals surface area (Å²) in [6.45, 7) is 8.36. The molecule has 1 aliphatic carbocycles. The van der Waals surface area contributed by atoms with E-state index in [9.17, 15) is 9.90 Å². The smallest absolute Gasteiger partial charge is 0.172 e. The van der Waals surface area contributed by atoms with Crippen molar-refractivity contribution in [2.75, 3.05) is 23.9 Å². The molecule has 6 heteroatoms. The van der Waals surface area contributed by atoms with Gasteiger partial charge in [0.1, 0.15) is 0 Å². The molecule has 1 atom stereocenters. The monoisotopic (exact) mass is 493 g/mol. The number of anilines is 2.